The summed E-state index contributed by atoms with van der Waals surface area (Å²) < 4.78 is 0. The molecule has 0 spiro atoms. The number of fused-ring (bicyclic) bond motifs is 1. The summed E-state index contributed by atoms with van der Waals surface area (Å²) in [7, 11) is 0. The van der Waals surface area contributed by atoms with Gasteiger partial charge >= 0.3 is 0 Å². The molecule has 0 amide bonds. The predicted molar refractivity (Wildman–Crippen MR) is 29.6 cm³/mol. The van der Waals surface area contributed by atoms with Gasteiger partial charge in [0, 0.05) is 0 Å². The Bertz CT molecular complexity index is 281. The van der Waals surface area contributed by atoms with Gasteiger partial charge < -0.3 is 0 Å². The van der Waals surface area contributed by atoms with Crippen LogP contribution in [0.15, 0.2) is 6.07 Å². The second kappa shape index (κ2) is 1.90. The molecule has 2 aromatic heterocycles. The van der Waals surface area contributed by atoms with Gasteiger partial charge in [-0.15, -0.1) is 20.4 Å². The summed E-state index contributed by atoms with van der Waals surface area (Å²) in [6.45, 7) is 0. The van der Waals surface area contributed by atoms with E-state index in [9.17, 15) is 0 Å². The van der Waals surface area contributed by atoms with E-state index in [1.807, 2.05) is 0 Å². The van der Waals surface area contributed by atoms with Crippen LogP contribution in [0.4, 0.5) is 0 Å². The third kappa shape index (κ3) is 0.661. The Kier molecular flexibility index (Phi) is 0.970. The summed E-state index contributed by atoms with van der Waals surface area (Å²) in [5, 5.41) is 20.9. The molecule has 2 rings (SSSR count). The maximum atomic E-state index is 3.62. The van der Waals surface area contributed by atoms with Crippen molar-refractivity contribution in [3.05, 3.63) is 12.3 Å². The van der Waals surface area contributed by atoms with Crippen LogP contribution in [0.1, 0.15) is 0 Å². The molecule has 6 nitrogen and oxygen atoms in total. The zero-order chi connectivity index (χ0) is 6.81. The van der Waals surface area contributed by atoms with E-state index in [1.54, 1.807) is 6.07 Å². The largest absolute Gasteiger partial charge is 0.225 e. The molecule has 0 unspecified atom stereocenters. The summed E-state index contributed by atoms with van der Waals surface area (Å²) in [6, 6.07) is 1.55. The van der Waals surface area contributed by atoms with Crippen LogP contribution in [0.3, 0.4) is 0 Å². The smallest absolute Gasteiger partial charge is 0.146 e. The lowest BCUT2D eigenvalue weighted by atomic mass is 10.5. The van der Waals surface area contributed by atoms with Crippen LogP contribution in [0, 0.1) is 6.20 Å². The van der Waals surface area contributed by atoms with Gasteiger partial charge in [0.15, 0.2) is 0 Å². The third-order valence-electron chi connectivity index (χ3n) is 0.965. The van der Waals surface area contributed by atoms with Crippen molar-refractivity contribution < 1.29 is 0 Å². The van der Waals surface area contributed by atoms with Crippen LogP contribution in [-0.4, -0.2) is 30.8 Å². The van der Waals surface area contributed by atoms with E-state index in [1.165, 1.54) is 0 Å². The van der Waals surface area contributed by atoms with Crippen molar-refractivity contribution in [3.8, 4) is 0 Å². The maximum absolute atomic E-state index is 3.62. The topological polar surface area (TPSA) is 77.3 Å². The highest BCUT2D eigenvalue weighted by molar-refractivity contribution is 5.65. The minimum absolute atomic E-state index is 0.383. The Hall–Kier alpha value is -1.72. The van der Waals surface area contributed by atoms with Gasteiger partial charge in [0.1, 0.15) is 11.7 Å². The van der Waals surface area contributed by atoms with Gasteiger partial charge in [0.25, 0.3) is 0 Å². The molecule has 0 aromatic carbocycles. The average molecular weight is 133 g/mol. The summed E-state index contributed by atoms with van der Waals surface area (Å²) >= 11 is 0. The molecule has 0 aliphatic carbocycles. The molecule has 0 aliphatic heterocycles. The second-order valence-corrected chi connectivity index (χ2v) is 1.56. The van der Waals surface area contributed by atoms with Gasteiger partial charge in [-0.05, 0) is 16.5 Å². The minimum Gasteiger partial charge on any atom is -0.146 e. The highest BCUT2D eigenvalue weighted by Gasteiger charge is 1.94. The first-order valence-electron chi connectivity index (χ1n) is 2.52. The van der Waals surface area contributed by atoms with Crippen LogP contribution < -0.4 is 0 Å². The quantitative estimate of drug-likeness (QED) is 0.459. The molecule has 0 bridgehead atoms. The zero-order valence-corrected chi connectivity index (χ0v) is 4.76. The van der Waals surface area contributed by atoms with Crippen molar-refractivity contribution in [1.82, 2.24) is 30.8 Å². The van der Waals surface area contributed by atoms with Gasteiger partial charge in [-0.1, -0.05) is 0 Å². The van der Waals surface area contributed by atoms with E-state index in [0.29, 0.717) is 11.2 Å². The van der Waals surface area contributed by atoms with E-state index >= 15 is 0 Å². The van der Waals surface area contributed by atoms with Gasteiger partial charge in [-0.2, -0.15) is 0 Å². The summed E-state index contributed by atoms with van der Waals surface area (Å²) in [5.41, 5.74) is 0.929. The van der Waals surface area contributed by atoms with Crippen molar-refractivity contribution in [1.29, 1.82) is 0 Å². The van der Waals surface area contributed by atoms with Crippen LogP contribution in [0.2, 0.25) is 0 Å². The SMILES string of the molecule is [c]1cc2nnnnc2nn1. The molecule has 10 heavy (non-hydrogen) atoms. The number of rotatable bonds is 0. The lowest BCUT2D eigenvalue weighted by Gasteiger charge is -1.85. The van der Waals surface area contributed by atoms with Gasteiger partial charge in [0.2, 0.25) is 5.65 Å². The fourth-order valence-electron chi connectivity index (χ4n) is 0.557. The molecule has 6 heteroatoms. The fourth-order valence-corrected chi connectivity index (χ4v) is 0.557. The molecular weight excluding hydrogens is 132 g/mol. The molecule has 0 saturated carbocycles. The zero-order valence-electron chi connectivity index (χ0n) is 4.76. The first kappa shape index (κ1) is 5.10. The Balaban J connectivity index is 2.89. The molecule has 0 saturated heterocycles. The fraction of sp³-hybridized carbons (Fsp3) is 0. The highest BCUT2D eigenvalue weighted by Crippen LogP contribution is 1.95. The Labute approximate surface area is 55.3 Å². The van der Waals surface area contributed by atoms with E-state index in [4.69, 9.17) is 0 Å². The van der Waals surface area contributed by atoms with Crippen LogP contribution in [0.25, 0.3) is 11.2 Å². The number of hydrogen-bond acceptors (Lipinski definition) is 6. The molecule has 1 radical (unpaired) electrons. The molecule has 2 heterocycles. The monoisotopic (exact) mass is 133 g/mol. The van der Waals surface area contributed by atoms with Crippen molar-refractivity contribution in [3.63, 3.8) is 0 Å². The number of nitrogens with zero attached hydrogens (tertiary/aromatic N) is 6. The lowest BCUT2D eigenvalue weighted by Crippen LogP contribution is -1.95. The van der Waals surface area contributed by atoms with Crippen molar-refractivity contribution in [2.45, 2.75) is 0 Å². The molecule has 2 aromatic rings. The van der Waals surface area contributed by atoms with Crippen molar-refractivity contribution in [2.24, 2.45) is 0 Å². The first-order valence-corrected chi connectivity index (χ1v) is 2.52. The molecule has 0 fully saturated rings. The molecule has 0 aliphatic rings. The average Bonchev–Trinajstić information content (AvgIpc) is 2.05. The van der Waals surface area contributed by atoms with Crippen molar-refractivity contribution in [2.75, 3.05) is 0 Å². The van der Waals surface area contributed by atoms with Gasteiger partial charge in [-0.3, -0.25) is 0 Å². The lowest BCUT2D eigenvalue weighted by molar-refractivity contribution is 0.782. The summed E-state index contributed by atoms with van der Waals surface area (Å²) in [6.07, 6.45) is 2.50. The Morgan fingerprint density at radius 1 is 1.10 bits per heavy atom. The van der Waals surface area contributed by atoms with Crippen LogP contribution in [0.5, 0.6) is 0 Å². The van der Waals surface area contributed by atoms with E-state index < -0.39 is 0 Å². The predicted octanol–water partition coefficient (Wildman–Crippen LogP) is -0.990. The first-order chi connectivity index (χ1) is 4.97. The highest BCUT2D eigenvalue weighted by atomic mass is 15.4. The Morgan fingerprint density at radius 2 is 2.00 bits per heavy atom. The standard InChI is InChI=1S/C4HN6/c1-2-5-7-4-3(1)6-9-10-8-4/h1H. The van der Waals surface area contributed by atoms with Crippen LogP contribution >= 0.6 is 0 Å². The number of aromatic nitrogens is 6. The van der Waals surface area contributed by atoms with E-state index in [-0.39, 0.29) is 0 Å². The van der Waals surface area contributed by atoms with Crippen molar-refractivity contribution >= 4 is 11.2 Å². The van der Waals surface area contributed by atoms with Crippen LogP contribution in [-0.2, 0) is 0 Å². The minimum atomic E-state index is 0.383. The molecule has 47 valence electrons. The molecular formula is C4HN6. The molecule has 0 N–H and O–H groups in total. The second-order valence-electron chi connectivity index (χ2n) is 1.56. The number of hydrogen-bond donors (Lipinski definition) is 0. The summed E-state index contributed by atoms with van der Waals surface area (Å²) in [4.78, 5) is 0. The summed E-state index contributed by atoms with van der Waals surface area (Å²) in [5.74, 6) is 0. The van der Waals surface area contributed by atoms with Gasteiger partial charge in [0.05, 0.1) is 0 Å². The van der Waals surface area contributed by atoms with E-state index in [0.717, 1.165) is 0 Å². The normalized spacial score (nSPS) is 10.0. The Morgan fingerprint density at radius 3 is 2.90 bits per heavy atom. The van der Waals surface area contributed by atoms with Gasteiger partial charge in [-0.25, -0.2) is 0 Å². The third-order valence-corrected chi connectivity index (χ3v) is 0.965. The maximum Gasteiger partial charge on any atom is 0.225 e. The van der Waals surface area contributed by atoms with E-state index in [2.05, 4.69) is 37.0 Å². The molecule has 0 atom stereocenters.